The molecule has 1 fully saturated rings. The monoisotopic (exact) mass is 272 g/mol. The molecule has 1 saturated carbocycles. The molecule has 19 heavy (non-hydrogen) atoms. The fraction of sp³-hybridized carbons (Fsp3) is 0.929. The van der Waals surface area contributed by atoms with Crippen LogP contribution in [0.25, 0.3) is 0 Å². The highest BCUT2D eigenvalue weighted by Crippen LogP contribution is 2.22. The molecule has 2 amide bonds. The van der Waals surface area contributed by atoms with Crippen LogP contribution in [-0.2, 0) is 9.47 Å². The van der Waals surface area contributed by atoms with Crippen LogP contribution >= 0.6 is 0 Å². The Morgan fingerprint density at radius 1 is 1.11 bits per heavy atom. The van der Waals surface area contributed by atoms with Gasteiger partial charge in [0.25, 0.3) is 0 Å². The van der Waals surface area contributed by atoms with Crippen molar-refractivity contribution in [3.8, 4) is 0 Å². The second-order valence-electron chi connectivity index (χ2n) is 4.94. The van der Waals surface area contributed by atoms with Gasteiger partial charge in [0.15, 0.2) is 6.29 Å². The van der Waals surface area contributed by atoms with Crippen molar-refractivity contribution in [3.63, 3.8) is 0 Å². The number of amides is 2. The number of carbonyl (C=O) groups excluding carboxylic acids is 1. The second-order valence-corrected chi connectivity index (χ2v) is 4.94. The Morgan fingerprint density at radius 3 is 2.32 bits per heavy atom. The van der Waals surface area contributed by atoms with Crippen molar-refractivity contribution in [2.75, 3.05) is 26.3 Å². The van der Waals surface area contributed by atoms with Gasteiger partial charge in [-0.15, -0.1) is 0 Å². The Hall–Kier alpha value is -0.810. The van der Waals surface area contributed by atoms with E-state index >= 15 is 0 Å². The molecule has 112 valence electrons. The molecule has 0 aromatic carbocycles. The van der Waals surface area contributed by atoms with E-state index in [2.05, 4.69) is 10.6 Å². The number of urea groups is 1. The Bertz CT molecular complexity index is 237. The zero-order valence-electron chi connectivity index (χ0n) is 12.2. The molecule has 0 aromatic rings. The van der Waals surface area contributed by atoms with E-state index in [4.69, 9.17) is 9.47 Å². The van der Waals surface area contributed by atoms with E-state index in [9.17, 15) is 4.79 Å². The molecule has 5 nitrogen and oxygen atoms in total. The van der Waals surface area contributed by atoms with Crippen LogP contribution in [0.3, 0.4) is 0 Å². The highest BCUT2D eigenvalue weighted by molar-refractivity contribution is 5.73. The third-order valence-corrected chi connectivity index (χ3v) is 3.41. The van der Waals surface area contributed by atoms with Crippen LogP contribution in [0.2, 0.25) is 0 Å². The summed E-state index contributed by atoms with van der Waals surface area (Å²) in [5, 5.41) is 5.72. The van der Waals surface area contributed by atoms with Crippen LogP contribution < -0.4 is 10.6 Å². The number of carbonyl (C=O) groups is 1. The van der Waals surface area contributed by atoms with Gasteiger partial charge in [-0.25, -0.2) is 4.79 Å². The number of hydrogen-bond acceptors (Lipinski definition) is 3. The molecule has 1 aliphatic carbocycles. The lowest BCUT2D eigenvalue weighted by molar-refractivity contribution is -0.131. The van der Waals surface area contributed by atoms with Gasteiger partial charge in [0.1, 0.15) is 0 Å². The minimum absolute atomic E-state index is 0.130. The van der Waals surface area contributed by atoms with Gasteiger partial charge in [0, 0.05) is 19.8 Å². The molecule has 0 radical (unpaired) electrons. The number of rotatable bonds is 8. The van der Waals surface area contributed by atoms with Crippen molar-refractivity contribution in [1.29, 1.82) is 0 Å². The van der Waals surface area contributed by atoms with Gasteiger partial charge in [0.2, 0.25) is 0 Å². The predicted octanol–water partition coefficient (Wildman–Crippen LogP) is 2.26. The smallest absolute Gasteiger partial charge is 0.314 e. The van der Waals surface area contributed by atoms with Gasteiger partial charge >= 0.3 is 6.03 Å². The molecular weight excluding hydrogens is 244 g/mol. The quantitative estimate of drug-likeness (QED) is 0.666. The van der Waals surface area contributed by atoms with Gasteiger partial charge in [-0.2, -0.15) is 0 Å². The number of hydrogen-bond donors (Lipinski definition) is 2. The first-order valence-corrected chi connectivity index (χ1v) is 7.51. The van der Waals surface area contributed by atoms with E-state index < -0.39 is 0 Å². The van der Waals surface area contributed by atoms with Gasteiger partial charge in [-0.1, -0.05) is 19.3 Å². The topological polar surface area (TPSA) is 59.6 Å². The summed E-state index contributed by atoms with van der Waals surface area (Å²) in [6.07, 6.45) is 6.06. The molecule has 0 saturated heterocycles. The summed E-state index contributed by atoms with van der Waals surface area (Å²) in [5.74, 6) is 0.647. The Kier molecular flexibility index (Phi) is 8.58. The van der Waals surface area contributed by atoms with Crippen LogP contribution in [0.4, 0.5) is 4.79 Å². The number of ether oxygens (including phenoxy) is 2. The Labute approximate surface area is 116 Å². The van der Waals surface area contributed by atoms with Crippen molar-refractivity contribution >= 4 is 6.03 Å². The number of nitrogens with one attached hydrogen (secondary N) is 2. The molecular formula is C14H28N2O3. The average Bonchev–Trinajstić information content (AvgIpc) is 2.44. The molecule has 0 bridgehead atoms. The maximum Gasteiger partial charge on any atom is 0.314 e. The lowest BCUT2D eigenvalue weighted by Gasteiger charge is -2.22. The van der Waals surface area contributed by atoms with Crippen molar-refractivity contribution in [3.05, 3.63) is 0 Å². The van der Waals surface area contributed by atoms with E-state index in [1.165, 1.54) is 32.1 Å². The predicted molar refractivity (Wildman–Crippen MR) is 75.0 cm³/mol. The first kappa shape index (κ1) is 16.2. The lowest BCUT2D eigenvalue weighted by Crippen LogP contribution is -2.43. The molecule has 0 atom stereocenters. The van der Waals surface area contributed by atoms with Crippen LogP contribution in [-0.4, -0.2) is 38.6 Å². The zero-order valence-corrected chi connectivity index (χ0v) is 12.2. The largest absolute Gasteiger partial charge is 0.351 e. The summed E-state index contributed by atoms with van der Waals surface area (Å²) in [7, 11) is 0. The minimum atomic E-state index is -0.351. The molecule has 5 heteroatoms. The van der Waals surface area contributed by atoms with Crippen molar-refractivity contribution in [1.82, 2.24) is 10.6 Å². The van der Waals surface area contributed by atoms with E-state index in [0.717, 1.165) is 6.54 Å². The summed E-state index contributed by atoms with van der Waals surface area (Å²) in [4.78, 5) is 11.7. The summed E-state index contributed by atoms with van der Waals surface area (Å²) in [6, 6.07) is -0.130. The third kappa shape index (κ3) is 7.38. The highest BCUT2D eigenvalue weighted by atomic mass is 16.7. The highest BCUT2D eigenvalue weighted by Gasteiger charge is 2.15. The normalized spacial score (nSPS) is 16.6. The van der Waals surface area contributed by atoms with Crippen LogP contribution in [0.15, 0.2) is 0 Å². The average molecular weight is 272 g/mol. The van der Waals surface area contributed by atoms with Crippen LogP contribution in [0, 0.1) is 5.92 Å². The van der Waals surface area contributed by atoms with Crippen molar-refractivity contribution in [2.24, 2.45) is 5.92 Å². The summed E-state index contributed by atoms with van der Waals surface area (Å²) >= 11 is 0. The summed E-state index contributed by atoms with van der Waals surface area (Å²) < 4.78 is 10.7. The van der Waals surface area contributed by atoms with Crippen LogP contribution in [0.1, 0.15) is 46.0 Å². The molecule has 1 aliphatic rings. The molecule has 1 rings (SSSR count). The fourth-order valence-electron chi connectivity index (χ4n) is 2.40. The first-order valence-electron chi connectivity index (χ1n) is 7.51. The maximum absolute atomic E-state index is 11.7. The van der Waals surface area contributed by atoms with E-state index in [0.29, 0.717) is 25.7 Å². The van der Waals surface area contributed by atoms with Crippen molar-refractivity contribution in [2.45, 2.75) is 52.2 Å². The molecule has 0 heterocycles. The first-order chi connectivity index (χ1) is 9.26. The standard InChI is InChI=1S/C14H28N2O3/c1-3-18-13(19-4-2)11-16-14(17)15-10-12-8-6-5-7-9-12/h12-13H,3-11H2,1-2H3,(H2,15,16,17). The Balaban J connectivity index is 2.11. The van der Waals surface area contributed by atoms with Gasteiger partial charge in [-0.3, -0.25) is 0 Å². The van der Waals surface area contributed by atoms with E-state index in [-0.39, 0.29) is 12.3 Å². The Morgan fingerprint density at radius 2 is 1.74 bits per heavy atom. The van der Waals surface area contributed by atoms with Gasteiger partial charge < -0.3 is 20.1 Å². The van der Waals surface area contributed by atoms with Gasteiger partial charge in [-0.05, 0) is 32.6 Å². The van der Waals surface area contributed by atoms with Gasteiger partial charge in [0.05, 0.1) is 6.54 Å². The second kappa shape index (κ2) is 10.0. The zero-order chi connectivity index (χ0) is 13.9. The third-order valence-electron chi connectivity index (χ3n) is 3.41. The summed E-state index contributed by atoms with van der Waals surface area (Å²) in [5.41, 5.74) is 0. The molecule has 2 N–H and O–H groups in total. The van der Waals surface area contributed by atoms with Crippen molar-refractivity contribution < 1.29 is 14.3 Å². The van der Waals surface area contributed by atoms with E-state index in [1.807, 2.05) is 13.8 Å². The fourth-order valence-corrected chi connectivity index (χ4v) is 2.40. The lowest BCUT2D eigenvalue weighted by atomic mass is 9.89. The maximum atomic E-state index is 11.7. The molecule has 0 spiro atoms. The van der Waals surface area contributed by atoms with Crippen LogP contribution in [0.5, 0.6) is 0 Å². The SMILES string of the molecule is CCOC(CNC(=O)NCC1CCCCC1)OCC. The molecule has 0 aromatic heterocycles. The summed E-state index contributed by atoms with van der Waals surface area (Å²) in [6.45, 7) is 6.15. The molecule has 0 unspecified atom stereocenters. The van der Waals surface area contributed by atoms with E-state index in [1.54, 1.807) is 0 Å². The minimum Gasteiger partial charge on any atom is -0.351 e. The molecule has 0 aliphatic heterocycles.